The van der Waals surface area contributed by atoms with Crippen LogP contribution in [0, 0.1) is 5.41 Å². The summed E-state index contributed by atoms with van der Waals surface area (Å²) in [4.78, 5) is 7.67. The number of aromatic amines is 1. The van der Waals surface area contributed by atoms with Crippen LogP contribution in [0.5, 0.6) is 0 Å². The average molecular weight is 246 g/mol. The number of fused-ring (bicyclic) bond motifs is 1. The third kappa shape index (κ3) is 2.13. The minimum Gasteiger partial charge on any atom is -0.399 e. The quantitative estimate of drug-likeness (QED) is 0.605. The number of nitrogen functional groups attached to an aromatic ring is 1. The molecule has 1 fully saturated rings. The van der Waals surface area contributed by atoms with Gasteiger partial charge in [-0.05, 0) is 42.9 Å². The van der Waals surface area contributed by atoms with Crippen LogP contribution in [0.2, 0.25) is 0 Å². The standard InChI is InChI=1S/C13H18N4O/c14-9-1-2-10-11(7-9)17-12(16-10)15-8-13(3-4-13)5-6-18/h1-2,7,18H,3-6,8,14H2,(H2,15,16,17). The maximum atomic E-state index is 9.02. The third-order valence-electron chi connectivity index (χ3n) is 3.74. The molecule has 18 heavy (non-hydrogen) atoms. The van der Waals surface area contributed by atoms with Crippen molar-refractivity contribution < 1.29 is 5.11 Å². The van der Waals surface area contributed by atoms with Gasteiger partial charge in [0, 0.05) is 18.8 Å². The Labute approximate surface area is 105 Å². The van der Waals surface area contributed by atoms with Crippen LogP contribution < -0.4 is 11.1 Å². The molecule has 1 aromatic heterocycles. The van der Waals surface area contributed by atoms with Crippen LogP contribution >= 0.6 is 0 Å². The number of hydrogen-bond donors (Lipinski definition) is 4. The van der Waals surface area contributed by atoms with E-state index >= 15 is 0 Å². The zero-order chi connectivity index (χ0) is 12.6. The number of aliphatic hydroxyl groups is 1. The van der Waals surface area contributed by atoms with Gasteiger partial charge in [0.2, 0.25) is 5.95 Å². The van der Waals surface area contributed by atoms with E-state index in [9.17, 15) is 0 Å². The number of nitrogens with one attached hydrogen (secondary N) is 2. The highest BCUT2D eigenvalue weighted by atomic mass is 16.3. The largest absolute Gasteiger partial charge is 0.399 e. The number of rotatable bonds is 5. The zero-order valence-electron chi connectivity index (χ0n) is 10.2. The first-order valence-electron chi connectivity index (χ1n) is 6.31. The monoisotopic (exact) mass is 246 g/mol. The van der Waals surface area contributed by atoms with Gasteiger partial charge in [-0.2, -0.15) is 0 Å². The minimum atomic E-state index is 0.262. The van der Waals surface area contributed by atoms with Gasteiger partial charge in [0.25, 0.3) is 0 Å². The Morgan fingerprint density at radius 3 is 3.00 bits per heavy atom. The molecule has 1 heterocycles. The fourth-order valence-corrected chi connectivity index (χ4v) is 2.31. The van der Waals surface area contributed by atoms with Crippen molar-refractivity contribution in [3.05, 3.63) is 18.2 Å². The minimum absolute atomic E-state index is 0.262. The molecule has 2 aromatic rings. The van der Waals surface area contributed by atoms with Gasteiger partial charge >= 0.3 is 0 Å². The van der Waals surface area contributed by atoms with Gasteiger partial charge in [-0.1, -0.05) is 0 Å². The molecule has 0 atom stereocenters. The van der Waals surface area contributed by atoms with Gasteiger partial charge in [0.05, 0.1) is 11.0 Å². The van der Waals surface area contributed by atoms with Crippen LogP contribution in [-0.2, 0) is 0 Å². The molecule has 0 bridgehead atoms. The molecule has 0 amide bonds. The molecule has 1 aliphatic rings. The molecule has 5 N–H and O–H groups in total. The lowest BCUT2D eigenvalue weighted by molar-refractivity contribution is 0.253. The molecule has 3 rings (SSSR count). The molecule has 1 saturated carbocycles. The summed E-state index contributed by atoms with van der Waals surface area (Å²) in [6.07, 6.45) is 3.24. The lowest BCUT2D eigenvalue weighted by Crippen LogP contribution is -2.17. The van der Waals surface area contributed by atoms with Crippen molar-refractivity contribution in [2.45, 2.75) is 19.3 Å². The van der Waals surface area contributed by atoms with Crippen LogP contribution in [0.3, 0.4) is 0 Å². The summed E-state index contributed by atoms with van der Waals surface area (Å²) in [6, 6.07) is 5.64. The third-order valence-corrected chi connectivity index (χ3v) is 3.74. The summed E-state index contributed by atoms with van der Waals surface area (Å²) in [6.45, 7) is 1.13. The number of aliphatic hydroxyl groups excluding tert-OH is 1. The molecule has 0 unspecified atom stereocenters. The van der Waals surface area contributed by atoms with Crippen molar-refractivity contribution in [2.24, 2.45) is 5.41 Å². The SMILES string of the molecule is Nc1ccc2nc(NCC3(CCO)CC3)[nH]c2c1. The lowest BCUT2D eigenvalue weighted by Gasteiger charge is -2.13. The summed E-state index contributed by atoms with van der Waals surface area (Å²) in [5.74, 6) is 0.778. The van der Waals surface area contributed by atoms with Crippen LogP contribution in [0.25, 0.3) is 11.0 Å². The highest BCUT2D eigenvalue weighted by Crippen LogP contribution is 2.48. The van der Waals surface area contributed by atoms with Gasteiger partial charge in [-0.15, -0.1) is 0 Å². The highest BCUT2D eigenvalue weighted by molar-refractivity contribution is 5.80. The second kappa shape index (κ2) is 4.17. The first-order valence-corrected chi connectivity index (χ1v) is 6.31. The number of H-pyrrole nitrogens is 1. The molecule has 1 aliphatic carbocycles. The number of nitrogens with two attached hydrogens (primary N) is 1. The Kier molecular flexibility index (Phi) is 2.63. The van der Waals surface area contributed by atoms with E-state index in [0.29, 0.717) is 0 Å². The van der Waals surface area contributed by atoms with Gasteiger partial charge in [0.15, 0.2) is 0 Å². The van der Waals surface area contributed by atoms with E-state index in [1.54, 1.807) is 0 Å². The number of hydrogen-bond acceptors (Lipinski definition) is 4. The molecule has 0 spiro atoms. The molecule has 5 heteroatoms. The van der Waals surface area contributed by atoms with Crippen LogP contribution in [0.15, 0.2) is 18.2 Å². The second-order valence-electron chi connectivity index (χ2n) is 5.19. The van der Waals surface area contributed by atoms with Crippen LogP contribution in [0.4, 0.5) is 11.6 Å². The summed E-state index contributed by atoms with van der Waals surface area (Å²) in [5, 5.41) is 12.3. The van der Waals surface area contributed by atoms with Crippen molar-refractivity contribution in [1.29, 1.82) is 0 Å². The molecule has 0 radical (unpaired) electrons. The summed E-state index contributed by atoms with van der Waals surface area (Å²) in [7, 11) is 0. The van der Waals surface area contributed by atoms with Gasteiger partial charge < -0.3 is 21.1 Å². The number of imidazole rings is 1. The molecule has 5 nitrogen and oxygen atoms in total. The van der Waals surface area contributed by atoms with Gasteiger partial charge in [-0.25, -0.2) is 4.98 Å². The Balaban J connectivity index is 1.71. The zero-order valence-corrected chi connectivity index (χ0v) is 10.2. The number of nitrogens with zero attached hydrogens (tertiary/aromatic N) is 1. The fraction of sp³-hybridized carbons (Fsp3) is 0.462. The van der Waals surface area contributed by atoms with Crippen molar-refractivity contribution in [3.8, 4) is 0 Å². The van der Waals surface area contributed by atoms with Crippen LogP contribution in [-0.4, -0.2) is 28.2 Å². The van der Waals surface area contributed by atoms with Crippen LogP contribution in [0.1, 0.15) is 19.3 Å². The summed E-state index contributed by atoms with van der Waals surface area (Å²) in [5.41, 5.74) is 8.61. The van der Waals surface area contributed by atoms with E-state index in [2.05, 4.69) is 15.3 Å². The van der Waals surface area contributed by atoms with Gasteiger partial charge in [0.1, 0.15) is 0 Å². The Hall–Kier alpha value is -1.75. The Bertz CT molecular complexity index is 559. The van der Waals surface area contributed by atoms with Crippen molar-refractivity contribution in [2.75, 3.05) is 24.2 Å². The first kappa shape index (κ1) is 11.3. The Morgan fingerprint density at radius 2 is 2.28 bits per heavy atom. The molecular formula is C13H18N4O. The van der Waals surface area contributed by atoms with Crippen molar-refractivity contribution in [3.63, 3.8) is 0 Å². The van der Waals surface area contributed by atoms with E-state index in [0.717, 1.165) is 35.6 Å². The lowest BCUT2D eigenvalue weighted by atomic mass is 10.0. The predicted octanol–water partition coefficient (Wildman–Crippen LogP) is 1.72. The van der Waals surface area contributed by atoms with Gasteiger partial charge in [-0.3, -0.25) is 0 Å². The fourth-order valence-electron chi connectivity index (χ4n) is 2.31. The second-order valence-corrected chi connectivity index (χ2v) is 5.19. The number of aromatic nitrogens is 2. The normalized spacial score (nSPS) is 16.9. The average Bonchev–Trinajstić information content (AvgIpc) is 2.99. The maximum Gasteiger partial charge on any atom is 0.201 e. The number of anilines is 2. The molecule has 96 valence electrons. The topological polar surface area (TPSA) is 87.0 Å². The predicted molar refractivity (Wildman–Crippen MR) is 72.4 cm³/mol. The molecule has 0 saturated heterocycles. The maximum absolute atomic E-state index is 9.02. The smallest absolute Gasteiger partial charge is 0.201 e. The highest BCUT2D eigenvalue weighted by Gasteiger charge is 2.41. The molecule has 0 aliphatic heterocycles. The van der Waals surface area contributed by atoms with E-state index in [1.165, 1.54) is 12.8 Å². The number of benzene rings is 1. The summed E-state index contributed by atoms with van der Waals surface area (Å²) < 4.78 is 0. The molecular weight excluding hydrogens is 228 g/mol. The Morgan fingerprint density at radius 1 is 1.44 bits per heavy atom. The molecule has 1 aromatic carbocycles. The van der Waals surface area contributed by atoms with E-state index in [-0.39, 0.29) is 12.0 Å². The summed E-state index contributed by atoms with van der Waals surface area (Å²) >= 11 is 0. The van der Waals surface area contributed by atoms with E-state index in [1.807, 2.05) is 18.2 Å². The van der Waals surface area contributed by atoms with Crippen molar-refractivity contribution >= 4 is 22.7 Å². The first-order chi connectivity index (χ1) is 8.71. The van der Waals surface area contributed by atoms with E-state index < -0.39 is 0 Å². The van der Waals surface area contributed by atoms with Crippen molar-refractivity contribution in [1.82, 2.24) is 9.97 Å². The van der Waals surface area contributed by atoms with E-state index in [4.69, 9.17) is 10.8 Å².